The third-order valence-corrected chi connectivity index (χ3v) is 3.82. The maximum absolute atomic E-state index is 2.40. The molecule has 3 aromatic rings. The predicted octanol–water partition coefficient (Wildman–Crippen LogP) is 4.87. The summed E-state index contributed by atoms with van der Waals surface area (Å²) < 4.78 is 0. The Morgan fingerprint density at radius 1 is 0.706 bits per heavy atom. The van der Waals surface area contributed by atoms with Gasteiger partial charge < -0.3 is 0 Å². The molecule has 1 saturated carbocycles. The van der Waals surface area contributed by atoms with Crippen LogP contribution < -0.4 is 0 Å². The van der Waals surface area contributed by atoms with E-state index in [1.165, 1.54) is 34.4 Å². The van der Waals surface area contributed by atoms with E-state index >= 15 is 0 Å². The fourth-order valence-electron chi connectivity index (χ4n) is 2.82. The molecule has 0 heterocycles. The van der Waals surface area contributed by atoms with Crippen LogP contribution in [0, 0.1) is 0 Å². The molecule has 0 nitrogen and oxygen atoms in total. The van der Waals surface area contributed by atoms with E-state index in [-0.39, 0.29) is 0 Å². The topological polar surface area (TPSA) is 0 Å². The zero-order valence-electron chi connectivity index (χ0n) is 9.69. The highest BCUT2D eigenvalue weighted by molar-refractivity contribution is 6.09. The molecule has 0 atom stereocenters. The molecule has 0 spiro atoms. The third kappa shape index (κ3) is 1.37. The summed E-state index contributed by atoms with van der Waals surface area (Å²) >= 11 is 0. The number of fused-ring (bicyclic) bond motifs is 3. The Kier molecular flexibility index (Phi) is 1.81. The van der Waals surface area contributed by atoms with Crippen LogP contribution in [0.15, 0.2) is 54.6 Å². The van der Waals surface area contributed by atoms with Gasteiger partial charge in [0, 0.05) is 0 Å². The van der Waals surface area contributed by atoms with Crippen LogP contribution in [-0.4, -0.2) is 0 Å². The number of hydrogen-bond donors (Lipinski definition) is 0. The van der Waals surface area contributed by atoms with Gasteiger partial charge in [0.15, 0.2) is 0 Å². The number of benzene rings is 3. The van der Waals surface area contributed by atoms with Gasteiger partial charge in [-0.2, -0.15) is 0 Å². The van der Waals surface area contributed by atoms with Gasteiger partial charge in [-0.15, -0.1) is 0 Å². The normalized spacial score (nSPS) is 15.5. The van der Waals surface area contributed by atoms with Gasteiger partial charge in [0.25, 0.3) is 0 Å². The number of hydrogen-bond acceptors (Lipinski definition) is 0. The molecule has 0 saturated heterocycles. The van der Waals surface area contributed by atoms with E-state index in [0.717, 1.165) is 5.92 Å². The van der Waals surface area contributed by atoms with Crippen molar-refractivity contribution in [1.29, 1.82) is 0 Å². The van der Waals surface area contributed by atoms with Crippen LogP contribution in [0.4, 0.5) is 0 Å². The van der Waals surface area contributed by atoms with E-state index in [2.05, 4.69) is 54.6 Å². The van der Waals surface area contributed by atoms with Gasteiger partial charge in [-0.25, -0.2) is 0 Å². The highest BCUT2D eigenvalue weighted by atomic mass is 14.3. The molecule has 1 fully saturated rings. The molecule has 0 N–H and O–H groups in total. The summed E-state index contributed by atoms with van der Waals surface area (Å²) in [7, 11) is 0. The van der Waals surface area contributed by atoms with E-state index in [9.17, 15) is 0 Å². The average Bonchev–Trinajstić information content (AvgIpc) is 3.22. The van der Waals surface area contributed by atoms with Crippen molar-refractivity contribution in [1.82, 2.24) is 0 Å². The molecule has 1 aliphatic carbocycles. The van der Waals surface area contributed by atoms with Crippen LogP contribution in [-0.2, 0) is 0 Å². The maximum Gasteiger partial charge on any atom is -0.0103 e. The van der Waals surface area contributed by atoms with Gasteiger partial charge >= 0.3 is 0 Å². The first kappa shape index (κ1) is 9.23. The van der Waals surface area contributed by atoms with E-state index < -0.39 is 0 Å². The van der Waals surface area contributed by atoms with Crippen molar-refractivity contribution >= 4 is 21.5 Å². The Morgan fingerprint density at radius 3 is 2.12 bits per heavy atom. The summed E-state index contributed by atoms with van der Waals surface area (Å²) in [5.41, 5.74) is 1.55. The largest absolute Gasteiger partial charge is 0.0616 e. The van der Waals surface area contributed by atoms with Crippen LogP contribution in [0.2, 0.25) is 0 Å². The summed E-state index contributed by atoms with van der Waals surface area (Å²) in [6, 6.07) is 19.9. The monoisotopic (exact) mass is 218 g/mol. The molecule has 0 unspecified atom stereocenters. The molecule has 0 bridgehead atoms. The molecular weight excluding hydrogens is 204 g/mol. The fourth-order valence-corrected chi connectivity index (χ4v) is 2.82. The number of rotatable bonds is 1. The molecule has 0 heteroatoms. The van der Waals surface area contributed by atoms with E-state index in [4.69, 9.17) is 0 Å². The second kappa shape index (κ2) is 3.33. The summed E-state index contributed by atoms with van der Waals surface area (Å²) in [6.07, 6.45) is 2.73. The third-order valence-electron chi connectivity index (χ3n) is 3.82. The smallest absolute Gasteiger partial charge is 0.0103 e. The Bertz CT molecular complexity index is 705. The second-order valence-corrected chi connectivity index (χ2v) is 5.01. The lowest BCUT2D eigenvalue weighted by molar-refractivity contribution is 1.16. The predicted molar refractivity (Wildman–Crippen MR) is 73.4 cm³/mol. The van der Waals surface area contributed by atoms with Gasteiger partial charge in [0.1, 0.15) is 0 Å². The average molecular weight is 218 g/mol. The lowest BCUT2D eigenvalue weighted by Gasteiger charge is -2.09. The van der Waals surface area contributed by atoms with Crippen molar-refractivity contribution in [3.63, 3.8) is 0 Å². The first-order valence-corrected chi connectivity index (χ1v) is 6.34. The molecule has 4 rings (SSSR count). The zero-order chi connectivity index (χ0) is 11.2. The SMILES string of the molecule is c1ccc2c(c1)cc(C1CC1)c1ccccc12. The molecule has 3 aromatic carbocycles. The minimum absolute atomic E-state index is 0.810. The molecule has 0 aromatic heterocycles. The van der Waals surface area contributed by atoms with Gasteiger partial charge in [-0.05, 0) is 45.9 Å². The molecule has 17 heavy (non-hydrogen) atoms. The fraction of sp³-hybridized carbons (Fsp3) is 0.176. The van der Waals surface area contributed by atoms with Crippen LogP contribution >= 0.6 is 0 Å². The van der Waals surface area contributed by atoms with Gasteiger partial charge in [-0.3, -0.25) is 0 Å². The Labute approximate surface area is 101 Å². The summed E-state index contributed by atoms with van der Waals surface area (Å²) in [4.78, 5) is 0. The van der Waals surface area contributed by atoms with Crippen molar-refractivity contribution in [3.05, 3.63) is 60.2 Å². The van der Waals surface area contributed by atoms with Gasteiger partial charge in [0.05, 0.1) is 0 Å². The Balaban J connectivity index is 2.22. The van der Waals surface area contributed by atoms with Crippen molar-refractivity contribution in [2.24, 2.45) is 0 Å². The lowest BCUT2D eigenvalue weighted by Crippen LogP contribution is -1.85. The Morgan fingerprint density at radius 2 is 1.35 bits per heavy atom. The van der Waals surface area contributed by atoms with Gasteiger partial charge in [0.2, 0.25) is 0 Å². The lowest BCUT2D eigenvalue weighted by atomic mass is 9.95. The summed E-state index contributed by atoms with van der Waals surface area (Å²) in [6.45, 7) is 0. The first-order valence-electron chi connectivity index (χ1n) is 6.34. The van der Waals surface area contributed by atoms with Crippen LogP contribution in [0.25, 0.3) is 21.5 Å². The quantitative estimate of drug-likeness (QED) is 0.511. The van der Waals surface area contributed by atoms with Crippen molar-refractivity contribution < 1.29 is 0 Å². The minimum atomic E-state index is 0.810. The Hall–Kier alpha value is -1.82. The van der Waals surface area contributed by atoms with Crippen LogP contribution in [0.5, 0.6) is 0 Å². The molecule has 82 valence electrons. The molecular formula is C17H14. The van der Waals surface area contributed by atoms with Crippen LogP contribution in [0.3, 0.4) is 0 Å². The molecule has 1 aliphatic rings. The van der Waals surface area contributed by atoms with Crippen molar-refractivity contribution in [2.45, 2.75) is 18.8 Å². The van der Waals surface area contributed by atoms with Gasteiger partial charge in [-0.1, -0.05) is 54.6 Å². The molecule has 0 radical (unpaired) electrons. The van der Waals surface area contributed by atoms with Crippen molar-refractivity contribution in [3.8, 4) is 0 Å². The molecule has 0 aliphatic heterocycles. The maximum atomic E-state index is 2.40. The zero-order valence-corrected chi connectivity index (χ0v) is 9.69. The standard InChI is InChI=1S/C17H14/c1-2-6-14-13(5-1)11-17(12-9-10-12)16-8-4-3-7-15(14)16/h1-8,11-12H,9-10H2. The minimum Gasteiger partial charge on any atom is -0.0616 e. The molecule has 0 amide bonds. The highest BCUT2D eigenvalue weighted by Gasteiger charge is 2.25. The highest BCUT2D eigenvalue weighted by Crippen LogP contribution is 2.44. The summed E-state index contributed by atoms with van der Waals surface area (Å²) in [5.74, 6) is 0.810. The van der Waals surface area contributed by atoms with E-state index in [1.54, 1.807) is 5.56 Å². The second-order valence-electron chi connectivity index (χ2n) is 5.01. The van der Waals surface area contributed by atoms with Crippen LogP contribution in [0.1, 0.15) is 24.3 Å². The van der Waals surface area contributed by atoms with E-state index in [1.807, 2.05) is 0 Å². The van der Waals surface area contributed by atoms with Crippen molar-refractivity contribution in [2.75, 3.05) is 0 Å². The van der Waals surface area contributed by atoms with E-state index in [0.29, 0.717) is 0 Å². The summed E-state index contributed by atoms with van der Waals surface area (Å²) in [5, 5.41) is 5.63. The first-order chi connectivity index (χ1) is 8.43.